The largest absolute Gasteiger partial charge is 0.493 e. The molecule has 1 amide bonds. The monoisotopic (exact) mass is 450 g/mol. The van der Waals surface area contributed by atoms with Gasteiger partial charge in [0.1, 0.15) is 6.61 Å². The van der Waals surface area contributed by atoms with E-state index in [0.29, 0.717) is 33.2 Å². The molecule has 1 aliphatic heterocycles. The summed E-state index contributed by atoms with van der Waals surface area (Å²) in [5.41, 5.74) is 2.60. The van der Waals surface area contributed by atoms with Crippen LogP contribution in [0.2, 0.25) is 5.02 Å². The van der Waals surface area contributed by atoms with Crippen molar-refractivity contribution in [3.8, 4) is 11.5 Å². The Morgan fingerprint density at radius 2 is 1.81 bits per heavy atom. The molecule has 1 aliphatic rings. The number of thioether (sulfide) groups is 1. The van der Waals surface area contributed by atoms with Crippen molar-refractivity contribution in [1.82, 2.24) is 5.32 Å². The van der Waals surface area contributed by atoms with Crippen molar-refractivity contribution in [2.45, 2.75) is 6.61 Å². The van der Waals surface area contributed by atoms with Crippen LogP contribution in [0.4, 0.5) is 5.69 Å². The van der Waals surface area contributed by atoms with E-state index in [2.05, 4.69) is 10.3 Å². The van der Waals surface area contributed by atoms with Crippen LogP contribution in [-0.4, -0.2) is 18.2 Å². The van der Waals surface area contributed by atoms with Crippen molar-refractivity contribution in [3.63, 3.8) is 0 Å². The third-order valence-electron chi connectivity index (χ3n) is 4.43. The minimum absolute atomic E-state index is 0.181. The van der Waals surface area contributed by atoms with Crippen LogP contribution in [0.3, 0.4) is 0 Å². The molecule has 0 radical (unpaired) electrons. The molecule has 0 aliphatic carbocycles. The number of hydrogen-bond acceptors (Lipinski definition) is 5. The maximum absolute atomic E-state index is 12.4. The molecule has 1 saturated heterocycles. The van der Waals surface area contributed by atoms with Gasteiger partial charge in [0.05, 0.1) is 17.7 Å². The Morgan fingerprint density at radius 3 is 2.55 bits per heavy atom. The smallest absolute Gasteiger partial charge is 0.264 e. The van der Waals surface area contributed by atoms with Crippen LogP contribution >= 0.6 is 23.4 Å². The Balaban J connectivity index is 1.52. The Kier molecular flexibility index (Phi) is 6.60. The van der Waals surface area contributed by atoms with Gasteiger partial charge >= 0.3 is 0 Å². The van der Waals surface area contributed by atoms with Crippen LogP contribution < -0.4 is 14.8 Å². The summed E-state index contributed by atoms with van der Waals surface area (Å²) in [5.74, 6) is 1.03. The highest BCUT2D eigenvalue weighted by molar-refractivity contribution is 8.18. The fourth-order valence-corrected chi connectivity index (χ4v) is 3.86. The summed E-state index contributed by atoms with van der Waals surface area (Å²) in [5, 5.41) is 4.03. The first-order chi connectivity index (χ1) is 15.1. The van der Waals surface area contributed by atoms with Crippen LogP contribution in [0.25, 0.3) is 6.08 Å². The van der Waals surface area contributed by atoms with Gasteiger partial charge in [-0.15, -0.1) is 0 Å². The van der Waals surface area contributed by atoms with Crippen LogP contribution in [0.15, 0.2) is 82.7 Å². The molecule has 7 heteroatoms. The molecule has 0 saturated carbocycles. The van der Waals surface area contributed by atoms with E-state index < -0.39 is 0 Å². The van der Waals surface area contributed by atoms with Gasteiger partial charge in [0.15, 0.2) is 16.7 Å². The zero-order valence-corrected chi connectivity index (χ0v) is 18.2. The number of aliphatic imine (C=N–C) groups is 1. The SMILES string of the molecule is COc1ccc(/C=C2/SC(=Nc3ccccc3)NC2=O)cc1OCc1ccc(Cl)cc1. The molecule has 0 spiro atoms. The molecule has 1 fully saturated rings. The number of rotatable bonds is 6. The fraction of sp³-hybridized carbons (Fsp3) is 0.0833. The first-order valence-corrected chi connectivity index (χ1v) is 10.7. The van der Waals surface area contributed by atoms with Crippen molar-refractivity contribution in [2.24, 2.45) is 4.99 Å². The minimum atomic E-state index is -0.181. The topological polar surface area (TPSA) is 59.9 Å². The van der Waals surface area contributed by atoms with Crippen LogP contribution in [0.1, 0.15) is 11.1 Å². The lowest BCUT2D eigenvalue weighted by atomic mass is 10.2. The number of nitrogens with one attached hydrogen (secondary N) is 1. The van der Waals surface area contributed by atoms with Crippen molar-refractivity contribution < 1.29 is 14.3 Å². The van der Waals surface area contributed by atoms with Gasteiger partial charge in [0.25, 0.3) is 5.91 Å². The molecule has 1 heterocycles. The van der Waals surface area contributed by atoms with Gasteiger partial charge in [-0.05, 0) is 65.4 Å². The number of carbonyl (C=O) groups excluding carboxylic acids is 1. The summed E-state index contributed by atoms with van der Waals surface area (Å²) in [6, 6.07) is 22.5. The van der Waals surface area contributed by atoms with E-state index in [9.17, 15) is 4.79 Å². The average molecular weight is 451 g/mol. The van der Waals surface area contributed by atoms with Gasteiger partial charge in [0, 0.05) is 5.02 Å². The van der Waals surface area contributed by atoms with Gasteiger partial charge in [-0.25, -0.2) is 4.99 Å². The molecule has 0 bridgehead atoms. The Bertz CT molecular complexity index is 1150. The Labute approximate surface area is 189 Å². The van der Waals surface area contributed by atoms with Crippen LogP contribution in [0.5, 0.6) is 11.5 Å². The molecule has 156 valence electrons. The maximum Gasteiger partial charge on any atom is 0.264 e. The Morgan fingerprint density at radius 1 is 1.03 bits per heavy atom. The molecule has 4 rings (SSSR count). The van der Waals surface area contributed by atoms with Crippen molar-refractivity contribution in [3.05, 3.63) is 93.9 Å². The molecule has 0 unspecified atom stereocenters. The van der Waals surface area contributed by atoms with E-state index in [1.54, 1.807) is 7.11 Å². The quantitative estimate of drug-likeness (QED) is 0.481. The zero-order valence-electron chi connectivity index (χ0n) is 16.7. The number of amides is 1. The lowest BCUT2D eigenvalue weighted by Gasteiger charge is -2.12. The van der Waals surface area contributed by atoms with Crippen LogP contribution in [-0.2, 0) is 11.4 Å². The van der Waals surface area contributed by atoms with E-state index in [1.165, 1.54) is 11.8 Å². The number of methoxy groups -OCH3 is 1. The maximum atomic E-state index is 12.4. The highest BCUT2D eigenvalue weighted by atomic mass is 35.5. The van der Waals surface area contributed by atoms with E-state index in [-0.39, 0.29) is 5.91 Å². The molecular formula is C24H19ClN2O3S. The molecule has 3 aromatic carbocycles. The third kappa shape index (κ3) is 5.48. The van der Waals surface area contributed by atoms with E-state index in [4.69, 9.17) is 21.1 Å². The zero-order chi connectivity index (χ0) is 21.6. The van der Waals surface area contributed by atoms with E-state index in [0.717, 1.165) is 16.8 Å². The number of ether oxygens (including phenoxy) is 2. The average Bonchev–Trinajstić information content (AvgIpc) is 3.12. The van der Waals surface area contributed by atoms with Crippen molar-refractivity contribution in [2.75, 3.05) is 7.11 Å². The highest BCUT2D eigenvalue weighted by Gasteiger charge is 2.24. The lowest BCUT2D eigenvalue weighted by Crippen LogP contribution is -2.19. The number of hydrogen-bond donors (Lipinski definition) is 1. The van der Waals surface area contributed by atoms with Crippen molar-refractivity contribution in [1.29, 1.82) is 0 Å². The summed E-state index contributed by atoms with van der Waals surface area (Å²) in [7, 11) is 1.59. The number of halogens is 1. The Hall–Kier alpha value is -3.22. The van der Waals surface area contributed by atoms with Crippen LogP contribution in [0, 0.1) is 0 Å². The summed E-state index contributed by atoms with van der Waals surface area (Å²) < 4.78 is 11.4. The van der Waals surface area contributed by atoms with Gasteiger partial charge in [-0.2, -0.15) is 0 Å². The number of carbonyl (C=O) groups is 1. The summed E-state index contributed by atoms with van der Waals surface area (Å²) in [6.07, 6.45) is 1.81. The third-order valence-corrected chi connectivity index (χ3v) is 5.59. The minimum Gasteiger partial charge on any atom is -0.493 e. The fourth-order valence-electron chi connectivity index (χ4n) is 2.89. The molecular weight excluding hydrogens is 432 g/mol. The summed E-state index contributed by atoms with van der Waals surface area (Å²) in [4.78, 5) is 17.4. The molecule has 0 atom stereocenters. The van der Waals surface area contributed by atoms with E-state index in [1.807, 2.05) is 78.9 Å². The molecule has 0 aromatic heterocycles. The molecule has 5 nitrogen and oxygen atoms in total. The molecule has 31 heavy (non-hydrogen) atoms. The van der Waals surface area contributed by atoms with Gasteiger partial charge in [-0.3, -0.25) is 4.79 Å². The standard InChI is InChI=1S/C24H19ClN2O3S/c1-29-20-12-9-17(13-21(20)30-15-16-7-10-18(25)11-8-16)14-22-23(28)27-24(31-22)26-19-5-3-2-4-6-19/h2-14H,15H2,1H3,(H,26,27,28)/b22-14+. The number of nitrogens with zero attached hydrogens (tertiary/aromatic N) is 1. The second kappa shape index (κ2) is 9.73. The second-order valence-electron chi connectivity index (χ2n) is 6.64. The second-order valence-corrected chi connectivity index (χ2v) is 8.11. The van der Waals surface area contributed by atoms with Gasteiger partial charge in [-0.1, -0.05) is 48.0 Å². The molecule has 3 aromatic rings. The summed E-state index contributed by atoms with van der Waals surface area (Å²) >= 11 is 7.24. The lowest BCUT2D eigenvalue weighted by molar-refractivity contribution is -0.115. The number of amidine groups is 1. The molecule has 1 N–H and O–H groups in total. The number of para-hydroxylation sites is 1. The predicted molar refractivity (Wildman–Crippen MR) is 126 cm³/mol. The normalized spacial score (nSPS) is 15.9. The summed E-state index contributed by atoms with van der Waals surface area (Å²) in [6.45, 7) is 0.372. The van der Waals surface area contributed by atoms with Gasteiger partial charge < -0.3 is 14.8 Å². The first kappa shape index (κ1) is 21.0. The van der Waals surface area contributed by atoms with E-state index >= 15 is 0 Å². The van der Waals surface area contributed by atoms with Gasteiger partial charge in [0.2, 0.25) is 0 Å². The number of benzene rings is 3. The highest BCUT2D eigenvalue weighted by Crippen LogP contribution is 2.32. The van der Waals surface area contributed by atoms with Crippen molar-refractivity contribution >= 4 is 46.2 Å². The first-order valence-electron chi connectivity index (χ1n) is 9.50. The predicted octanol–water partition coefficient (Wildman–Crippen LogP) is 5.82.